The van der Waals surface area contributed by atoms with Crippen LogP contribution in [0, 0.1) is 0 Å². The van der Waals surface area contributed by atoms with E-state index in [0.717, 1.165) is 15.6 Å². The number of esters is 2. The van der Waals surface area contributed by atoms with E-state index in [0.29, 0.717) is 16.6 Å². The van der Waals surface area contributed by atoms with Gasteiger partial charge in [0, 0.05) is 5.39 Å². The Morgan fingerprint density at radius 3 is 2.31 bits per heavy atom. The minimum atomic E-state index is -0.582. The molecule has 0 N–H and O–H groups in total. The predicted molar refractivity (Wildman–Crippen MR) is 114 cm³/mol. The molecular weight excluding hydrogens is 386 g/mol. The van der Waals surface area contributed by atoms with E-state index in [1.165, 1.54) is 11.3 Å². The topological polar surface area (TPSA) is 65.5 Å². The number of carbonyl (C=O) groups is 2. The van der Waals surface area contributed by atoms with Crippen LogP contribution in [0.25, 0.3) is 32.2 Å². The molecule has 0 aliphatic heterocycles. The molecule has 2 heterocycles. The number of hydrogen-bond donors (Lipinski definition) is 0. The maximum absolute atomic E-state index is 13.1. The van der Waals surface area contributed by atoms with Crippen molar-refractivity contribution in [3.05, 3.63) is 65.0 Å². The van der Waals surface area contributed by atoms with Crippen molar-refractivity contribution in [3.63, 3.8) is 0 Å². The number of pyridine rings is 1. The van der Waals surface area contributed by atoms with Crippen molar-refractivity contribution in [1.29, 1.82) is 0 Å². The van der Waals surface area contributed by atoms with Gasteiger partial charge in [-0.15, -0.1) is 11.3 Å². The van der Waals surface area contributed by atoms with Gasteiger partial charge in [0.15, 0.2) is 0 Å². The van der Waals surface area contributed by atoms with Crippen LogP contribution in [0.3, 0.4) is 0 Å². The van der Waals surface area contributed by atoms with E-state index in [2.05, 4.69) is 0 Å². The maximum Gasteiger partial charge on any atom is 0.341 e. The number of thiophene rings is 1. The molecule has 0 spiro atoms. The number of aromatic nitrogens is 1. The number of nitrogens with zero attached hydrogens (tertiary/aromatic N) is 1. The van der Waals surface area contributed by atoms with Crippen LogP contribution in [-0.4, -0.2) is 30.1 Å². The quantitative estimate of drug-likeness (QED) is 0.325. The van der Waals surface area contributed by atoms with Crippen molar-refractivity contribution in [3.8, 4) is 10.6 Å². The van der Waals surface area contributed by atoms with E-state index in [-0.39, 0.29) is 24.3 Å². The van der Waals surface area contributed by atoms with Gasteiger partial charge in [-0.3, -0.25) is 0 Å². The summed E-state index contributed by atoms with van der Waals surface area (Å²) in [6.45, 7) is 3.86. The van der Waals surface area contributed by atoms with Crippen LogP contribution in [0.1, 0.15) is 34.6 Å². The van der Waals surface area contributed by atoms with Gasteiger partial charge in [-0.1, -0.05) is 36.4 Å². The third-order valence-electron chi connectivity index (χ3n) is 4.59. The zero-order valence-electron chi connectivity index (χ0n) is 16.1. The Morgan fingerprint density at radius 1 is 0.897 bits per heavy atom. The highest BCUT2D eigenvalue weighted by atomic mass is 32.1. The zero-order chi connectivity index (χ0) is 20.4. The third-order valence-corrected chi connectivity index (χ3v) is 5.47. The maximum atomic E-state index is 13.1. The first-order valence-electron chi connectivity index (χ1n) is 9.39. The lowest BCUT2D eigenvalue weighted by atomic mass is 9.95. The Bertz CT molecular complexity index is 1210. The van der Waals surface area contributed by atoms with Crippen LogP contribution >= 0.6 is 11.3 Å². The van der Waals surface area contributed by atoms with Gasteiger partial charge in [-0.2, -0.15) is 0 Å². The molecule has 29 heavy (non-hydrogen) atoms. The second-order valence-electron chi connectivity index (χ2n) is 6.31. The standard InChI is InChI=1S/C23H19NO4S/c1-3-27-22(25)19-18-15-9-6-5-8-14(15)11-12-16(18)24-21(17-10-7-13-29-17)20(19)23(26)28-4-2/h5-13H,3-4H2,1-2H3. The SMILES string of the molecule is CCOC(=O)c1c(-c2cccs2)nc2ccc3ccccc3c2c1C(=O)OCC. The normalized spacial score (nSPS) is 11.0. The minimum absolute atomic E-state index is 0.150. The van der Waals surface area contributed by atoms with Crippen LogP contribution in [0.5, 0.6) is 0 Å². The summed E-state index contributed by atoms with van der Waals surface area (Å²) >= 11 is 1.45. The van der Waals surface area contributed by atoms with E-state index in [9.17, 15) is 9.59 Å². The number of ether oxygens (including phenoxy) is 2. The monoisotopic (exact) mass is 405 g/mol. The highest BCUT2D eigenvalue weighted by molar-refractivity contribution is 7.13. The molecule has 4 aromatic rings. The Hall–Kier alpha value is -3.25. The van der Waals surface area contributed by atoms with Crippen molar-refractivity contribution in [2.45, 2.75) is 13.8 Å². The molecule has 0 radical (unpaired) electrons. The molecule has 0 aliphatic rings. The molecule has 0 aliphatic carbocycles. The average Bonchev–Trinajstić information content (AvgIpc) is 3.27. The summed E-state index contributed by atoms with van der Waals surface area (Å²) in [4.78, 5) is 31.7. The molecule has 0 saturated carbocycles. The average molecular weight is 405 g/mol. The molecule has 0 bridgehead atoms. The lowest BCUT2D eigenvalue weighted by Gasteiger charge is -2.16. The molecule has 0 unspecified atom stereocenters. The van der Waals surface area contributed by atoms with E-state index in [1.807, 2.05) is 53.9 Å². The van der Waals surface area contributed by atoms with Gasteiger partial charge in [0.2, 0.25) is 0 Å². The number of hydrogen-bond acceptors (Lipinski definition) is 6. The van der Waals surface area contributed by atoms with Gasteiger partial charge in [-0.25, -0.2) is 14.6 Å². The second kappa shape index (κ2) is 8.01. The molecular formula is C23H19NO4S. The summed E-state index contributed by atoms with van der Waals surface area (Å²) in [7, 11) is 0. The van der Waals surface area contributed by atoms with Gasteiger partial charge < -0.3 is 9.47 Å². The third kappa shape index (κ3) is 3.36. The molecule has 6 heteroatoms. The Morgan fingerprint density at radius 2 is 1.62 bits per heavy atom. The second-order valence-corrected chi connectivity index (χ2v) is 7.26. The van der Waals surface area contributed by atoms with Crippen molar-refractivity contribution >= 4 is 45.0 Å². The highest BCUT2D eigenvalue weighted by Gasteiger charge is 2.29. The first-order chi connectivity index (χ1) is 14.2. The zero-order valence-corrected chi connectivity index (χ0v) is 16.9. The number of rotatable bonds is 5. The van der Waals surface area contributed by atoms with Crippen LogP contribution < -0.4 is 0 Å². The molecule has 0 fully saturated rings. The fourth-order valence-corrected chi connectivity index (χ4v) is 4.16. The molecule has 4 rings (SSSR count). The summed E-state index contributed by atoms with van der Waals surface area (Å²) in [6, 6.07) is 15.3. The lowest BCUT2D eigenvalue weighted by Crippen LogP contribution is -2.17. The summed E-state index contributed by atoms with van der Waals surface area (Å²) in [5.41, 5.74) is 1.42. The van der Waals surface area contributed by atoms with E-state index >= 15 is 0 Å². The van der Waals surface area contributed by atoms with Crippen molar-refractivity contribution in [2.75, 3.05) is 13.2 Å². The smallest absolute Gasteiger partial charge is 0.341 e. The lowest BCUT2D eigenvalue weighted by molar-refractivity contribution is 0.0481. The molecule has 0 saturated heterocycles. The number of benzene rings is 2. The first-order valence-corrected chi connectivity index (χ1v) is 10.3. The van der Waals surface area contributed by atoms with Gasteiger partial charge in [0.1, 0.15) is 5.56 Å². The molecule has 0 atom stereocenters. The Labute approximate surface area is 171 Å². The largest absolute Gasteiger partial charge is 0.462 e. The fourth-order valence-electron chi connectivity index (χ4n) is 3.44. The van der Waals surface area contributed by atoms with Crippen LogP contribution in [-0.2, 0) is 9.47 Å². The number of fused-ring (bicyclic) bond motifs is 3. The van der Waals surface area contributed by atoms with Gasteiger partial charge in [0.25, 0.3) is 0 Å². The van der Waals surface area contributed by atoms with Crippen molar-refractivity contribution < 1.29 is 19.1 Å². The molecule has 5 nitrogen and oxygen atoms in total. The Kier molecular flexibility index (Phi) is 5.27. The van der Waals surface area contributed by atoms with Gasteiger partial charge in [-0.05, 0) is 42.1 Å². The van der Waals surface area contributed by atoms with E-state index < -0.39 is 11.9 Å². The molecule has 2 aromatic carbocycles. The van der Waals surface area contributed by atoms with Crippen LogP contribution in [0.4, 0.5) is 0 Å². The van der Waals surface area contributed by atoms with Gasteiger partial charge in [0.05, 0.1) is 34.9 Å². The molecule has 0 amide bonds. The summed E-state index contributed by atoms with van der Waals surface area (Å²) in [6.07, 6.45) is 0. The van der Waals surface area contributed by atoms with E-state index in [1.54, 1.807) is 13.8 Å². The van der Waals surface area contributed by atoms with E-state index in [4.69, 9.17) is 14.5 Å². The molecule has 2 aromatic heterocycles. The van der Waals surface area contributed by atoms with Crippen molar-refractivity contribution in [2.24, 2.45) is 0 Å². The molecule has 146 valence electrons. The summed E-state index contributed by atoms with van der Waals surface area (Å²) < 4.78 is 10.7. The van der Waals surface area contributed by atoms with Crippen LogP contribution in [0.2, 0.25) is 0 Å². The Balaban J connectivity index is 2.19. The summed E-state index contributed by atoms with van der Waals surface area (Å²) in [5, 5.41) is 4.29. The minimum Gasteiger partial charge on any atom is -0.462 e. The van der Waals surface area contributed by atoms with Crippen molar-refractivity contribution in [1.82, 2.24) is 4.98 Å². The first kappa shape index (κ1) is 19.1. The fraction of sp³-hybridized carbons (Fsp3) is 0.174. The predicted octanol–water partition coefficient (Wildman–Crippen LogP) is 5.47. The summed E-state index contributed by atoms with van der Waals surface area (Å²) in [5.74, 6) is -1.14. The van der Waals surface area contributed by atoms with Gasteiger partial charge >= 0.3 is 11.9 Å². The van der Waals surface area contributed by atoms with Crippen LogP contribution in [0.15, 0.2) is 53.9 Å². The number of carbonyl (C=O) groups excluding carboxylic acids is 2. The highest BCUT2D eigenvalue weighted by Crippen LogP contribution is 2.36.